The van der Waals surface area contributed by atoms with Crippen LogP contribution in [0.3, 0.4) is 0 Å². The Morgan fingerprint density at radius 1 is 1.60 bits per heavy atom. The SMILES string of the molecule is CN(CCC(=O)O)C(=O)Cc1ccn[nH]1. The normalized spacial score (nSPS) is 9.93. The van der Waals surface area contributed by atoms with E-state index in [0.29, 0.717) is 0 Å². The molecule has 0 saturated carbocycles. The summed E-state index contributed by atoms with van der Waals surface area (Å²) < 4.78 is 0. The number of nitrogens with zero attached hydrogens (tertiary/aromatic N) is 2. The first-order valence-electron chi connectivity index (χ1n) is 4.53. The van der Waals surface area contributed by atoms with Gasteiger partial charge >= 0.3 is 5.97 Å². The Hall–Kier alpha value is -1.85. The molecule has 0 aliphatic heterocycles. The van der Waals surface area contributed by atoms with Gasteiger partial charge in [0.2, 0.25) is 5.91 Å². The summed E-state index contributed by atoms with van der Waals surface area (Å²) in [6.07, 6.45) is 1.75. The number of carbonyl (C=O) groups excluding carboxylic acids is 1. The summed E-state index contributed by atoms with van der Waals surface area (Å²) in [5.74, 6) is -1.03. The van der Waals surface area contributed by atoms with Crippen LogP contribution >= 0.6 is 0 Å². The molecular weight excluding hydrogens is 198 g/mol. The number of aromatic amines is 1. The molecule has 1 aromatic rings. The molecule has 0 aromatic carbocycles. The summed E-state index contributed by atoms with van der Waals surface area (Å²) in [7, 11) is 1.58. The Morgan fingerprint density at radius 2 is 2.33 bits per heavy atom. The van der Waals surface area contributed by atoms with Crippen molar-refractivity contribution in [2.75, 3.05) is 13.6 Å². The molecule has 6 heteroatoms. The lowest BCUT2D eigenvalue weighted by molar-refractivity contribution is -0.138. The van der Waals surface area contributed by atoms with E-state index in [1.54, 1.807) is 19.3 Å². The molecule has 1 aromatic heterocycles. The molecule has 82 valence electrons. The van der Waals surface area contributed by atoms with Crippen molar-refractivity contribution >= 4 is 11.9 Å². The standard InChI is InChI=1S/C9H13N3O3/c1-12(5-3-9(14)15)8(13)6-7-2-4-10-11-7/h2,4H,3,5-6H2,1H3,(H,10,11)(H,14,15). The summed E-state index contributed by atoms with van der Waals surface area (Å²) >= 11 is 0. The topological polar surface area (TPSA) is 86.3 Å². The van der Waals surface area contributed by atoms with E-state index in [0.717, 1.165) is 5.69 Å². The molecule has 0 radical (unpaired) electrons. The molecule has 0 aliphatic rings. The number of amides is 1. The molecule has 2 N–H and O–H groups in total. The van der Waals surface area contributed by atoms with Gasteiger partial charge in [-0.15, -0.1) is 0 Å². The molecule has 1 heterocycles. The van der Waals surface area contributed by atoms with Gasteiger partial charge in [-0.05, 0) is 6.07 Å². The van der Waals surface area contributed by atoms with E-state index in [2.05, 4.69) is 10.2 Å². The highest BCUT2D eigenvalue weighted by Gasteiger charge is 2.11. The highest BCUT2D eigenvalue weighted by atomic mass is 16.4. The molecule has 0 aliphatic carbocycles. The monoisotopic (exact) mass is 211 g/mol. The fraction of sp³-hybridized carbons (Fsp3) is 0.444. The number of carbonyl (C=O) groups is 2. The number of aliphatic carboxylic acids is 1. The predicted octanol–water partition coefficient (Wildman–Crippen LogP) is -0.115. The van der Waals surface area contributed by atoms with Crippen molar-refractivity contribution in [3.05, 3.63) is 18.0 Å². The van der Waals surface area contributed by atoms with Crippen LogP contribution in [0.1, 0.15) is 12.1 Å². The van der Waals surface area contributed by atoms with Gasteiger partial charge in [-0.1, -0.05) is 0 Å². The van der Waals surface area contributed by atoms with E-state index in [9.17, 15) is 9.59 Å². The molecule has 0 fully saturated rings. The van der Waals surface area contributed by atoms with Crippen LogP contribution in [-0.2, 0) is 16.0 Å². The van der Waals surface area contributed by atoms with Crippen LogP contribution in [0.5, 0.6) is 0 Å². The van der Waals surface area contributed by atoms with Crippen LogP contribution < -0.4 is 0 Å². The largest absolute Gasteiger partial charge is 0.481 e. The van der Waals surface area contributed by atoms with Crippen molar-refractivity contribution in [3.8, 4) is 0 Å². The highest BCUT2D eigenvalue weighted by molar-refractivity contribution is 5.78. The Balaban J connectivity index is 2.36. The number of rotatable bonds is 5. The van der Waals surface area contributed by atoms with E-state index < -0.39 is 5.97 Å². The maximum atomic E-state index is 11.5. The second-order valence-corrected chi connectivity index (χ2v) is 3.22. The van der Waals surface area contributed by atoms with Gasteiger partial charge in [0.15, 0.2) is 0 Å². The Labute approximate surface area is 86.9 Å². The Bertz CT molecular complexity index is 334. The fourth-order valence-electron chi connectivity index (χ4n) is 1.07. The van der Waals surface area contributed by atoms with Crippen molar-refractivity contribution in [1.82, 2.24) is 15.1 Å². The number of hydrogen-bond acceptors (Lipinski definition) is 3. The van der Waals surface area contributed by atoms with Crippen molar-refractivity contribution in [2.24, 2.45) is 0 Å². The zero-order valence-corrected chi connectivity index (χ0v) is 8.43. The van der Waals surface area contributed by atoms with E-state index in [1.165, 1.54) is 4.90 Å². The number of aromatic nitrogens is 2. The number of hydrogen-bond donors (Lipinski definition) is 2. The average molecular weight is 211 g/mol. The van der Waals surface area contributed by atoms with Gasteiger partial charge in [0, 0.05) is 25.5 Å². The van der Waals surface area contributed by atoms with Crippen molar-refractivity contribution in [2.45, 2.75) is 12.8 Å². The van der Waals surface area contributed by atoms with Gasteiger partial charge in [0.05, 0.1) is 12.8 Å². The molecule has 0 saturated heterocycles. The molecule has 0 atom stereocenters. The predicted molar refractivity (Wildman–Crippen MR) is 52.2 cm³/mol. The second-order valence-electron chi connectivity index (χ2n) is 3.22. The van der Waals surface area contributed by atoms with Crippen LogP contribution in [0, 0.1) is 0 Å². The lowest BCUT2D eigenvalue weighted by Crippen LogP contribution is -2.30. The summed E-state index contributed by atoms with van der Waals surface area (Å²) in [6, 6.07) is 1.71. The lowest BCUT2D eigenvalue weighted by Gasteiger charge is -2.15. The average Bonchev–Trinajstić information content (AvgIpc) is 2.66. The summed E-state index contributed by atoms with van der Waals surface area (Å²) in [5.41, 5.74) is 0.724. The van der Waals surface area contributed by atoms with E-state index in [-0.39, 0.29) is 25.3 Å². The van der Waals surface area contributed by atoms with Crippen LogP contribution in [0.2, 0.25) is 0 Å². The van der Waals surface area contributed by atoms with Crippen LogP contribution in [0.4, 0.5) is 0 Å². The third-order valence-electron chi connectivity index (χ3n) is 1.99. The summed E-state index contributed by atoms with van der Waals surface area (Å²) in [4.78, 5) is 23.2. The maximum Gasteiger partial charge on any atom is 0.305 e. The van der Waals surface area contributed by atoms with Gasteiger partial charge in [-0.2, -0.15) is 5.10 Å². The number of carboxylic acids is 1. The minimum Gasteiger partial charge on any atom is -0.481 e. The third-order valence-corrected chi connectivity index (χ3v) is 1.99. The van der Waals surface area contributed by atoms with Crippen LogP contribution in [-0.4, -0.2) is 45.7 Å². The lowest BCUT2D eigenvalue weighted by atomic mass is 10.3. The minimum absolute atomic E-state index is 0.0365. The molecule has 0 bridgehead atoms. The Morgan fingerprint density at radius 3 is 2.87 bits per heavy atom. The van der Waals surface area contributed by atoms with Gasteiger partial charge in [0.25, 0.3) is 0 Å². The van der Waals surface area contributed by atoms with Gasteiger partial charge in [0.1, 0.15) is 0 Å². The first kappa shape index (κ1) is 11.2. The van der Waals surface area contributed by atoms with Gasteiger partial charge in [-0.3, -0.25) is 14.7 Å². The van der Waals surface area contributed by atoms with E-state index in [1.807, 2.05) is 0 Å². The fourth-order valence-corrected chi connectivity index (χ4v) is 1.07. The van der Waals surface area contributed by atoms with E-state index >= 15 is 0 Å². The van der Waals surface area contributed by atoms with Crippen LogP contribution in [0.25, 0.3) is 0 Å². The first-order valence-corrected chi connectivity index (χ1v) is 4.53. The zero-order valence-electron chi connectivity index (χ0n) is 8.43. The number of nitrogens with one attached hydrogen (secondary N) is 1. The molecular formula is C9H13N3O3. The smallest absolute Gasteiger partial charge is 0.305 e. The summed E-state index contributed by atoms with van der Waals surface area (Å²) in [5, 5.41) is 14.8. The Kier molecular flexibility index (Phi) is 3.84. The maximum absolute atomic E-state index is 11.5. The number of H-pyrrole nitrogens is 1. The third kappa shape index (κ3) is 3.80. The van der Waals surface area contributed by atoms with Crippen LogP contribution in [0.15, 0.2) is 12.3 Å². The first-order chi connectivity index (χ1) is 7.09. The quantitative estimate of drug-likeness (QED) is 0.711. The molecule has 1 rings (SSSR count). The highest BCUT2D eigenvalue weighted by Crippen LogP contribution is 1.98. The zero-order chi connectivity index (χ0) is 11.3. The molecule has 0 unspecified atom stereocenters. The van der Waals surface area contributed by atoms with Gasteiger partial charge < -0.3 is 10.0 Å². The van der Waals surface area contributed by atoms with Crippen molar-refractivity contribution in [3.63, 3.8) is 0 Å². The molecule has 6 nitrogen and oxygen atoms in total. The second kappa shape index (κ2) is 5.14. The van der Waals surface area contributed by atoms with Gasteiger partial charge in [-0.25, -0.2) is 0 Å². The molecule has 15 heavy (non-hydrogen) atoms. The van der Waals surface area contributed by atoms with Crippen molar-refractivity contribution in [1.29, 1.82) is 0 Å². The molecule has 0 spiro atoms. The van der Waals surface area contributed by atoms with E-state index in [4.69, 9.17) is 5.11 Å². The molecule has 1 amide bonds. The van der Waals surface area contributed by atoms with Crippen molar-refractivity contribution < 1.29 is 14.7 Å². The number of likely N-dealkylation sites (N-methyl/N-ethyl adjacent to an activating group) is 1. The summed E-state index contributed by atoms with van der Waals surface area (Å²) in [6.45, 7) is 0.225. The minimum atomic E-state index is -0.906. The number of carboxylic acid groups (broad SMARTS) is 1.